The van der Waals surface area contributed by atoms with E-state index in [4.69, 9.17) is 21.7 Å². The molecular formula is C49H57FN4O6S2. The van der Waals surface area contributed by atoms with Crippen molar-refractivity contribution in [1.82, 2.24) is 5.32 Å². The van der Waals surface area contributed by atoms with Gasteiger partial charge < -0.3 is 40.1 Å². The van der Waals surface area contributed by atoms with E-state index in [0.717, 1.165) is 50.8 Å². The van der Waals surface area contributed by atoms with Crippen LogP contribution in [0.1, 0.15) is 68.7 Å². The van der Waals surface area contributed by atoms with E-state index in [1.807, 2.05) is 48.1 Å². The van der Waals surface area contributed by atoms with E-state index in [1.165, 1.54) is 23.9 Å². The van der Waals surface area contributed by atoms with Crippen LogP contribution < -0.4 is 25.2 Å². The number of aliphatic hydroxyl groups excluding tert-OH is 1. The largest absolute Gasteiger partial charge is 0.456 e. The molecule has 3 aromatic rings. The van der Waals surface area contributed by atoms with E-state index in [2.05, 4.69) is 69.0 Å². The van der Waals surface area contributed by atoms with Crippen molar-refractivity contribution in [3.8, 4) is 11.5 Å². The number of anilines is 3. The third-order valence-corrected chi connectivity index (χ3v) is 16.7. The smallest absolute Gasteiger partial charge is 0.178 e. The summed E-state index contributed by atoms with van der Waals surface area (Å²) in [6.07, 6.45) is 4.61. The highest BCUT2D eigenvalue weighted by atomic mass is 32.2. The third kappa shape index (κ3) is 6.15. The lowest BCUT2D eigenvalue weighted by atomic mass is 9.44. The molecule has 8 atom stereocenters. The molecule has 13 heteroatoms. The van der Waals surface area contributed by atoms with Crippen molar-refractivity contribution in [2.45, 2.75) is 76.0 Å². The number of nitrogens with zero attached hydrogens (tertiary/aromatic N) is 2. The Morgan fingerprint density at radius 2 is 1.65 bits per heavy atom. The van der Waals surface area contributed by atoms with Gasteiger partial charge in [0.25, 0.3) is 0 Å². The fourth-order valence-corrected chi connectivity index (χ4v) is 13.3. The summed E-state index contributed by atoms with van der Waals surface area (Å²) in [6.45, 7) is 6.43. The number of hydrogen-bond acceptors (Lipinski definition) is 10. The van der Waals surface area contributed by atoms with Crippen molar-refractivity contribution in [1.29, 1.82) is 0 Å². The van der Waals surface area contributed by atoms with Crippen molar-refractivity contribution < 1.29 is 33.7 Å². The van der Waals surface area contributed by atoms with Crippen LogP contribution in [0.15, 0.2) is 78.4 Å². The molecule has 3 aromatic carbocycles. The summed E-state index contributed by atoms with van der Waals surface area (Å²) in [7, 11) is 8.04. The Bertz CT molecular complexity index is 2380. The minimum atomic E-state index is -2.01. The van der Waals surface area contributed by atoms with Gasteiger partial charge in [-0.3, -0.25) is 9.59 Å². The molecule has 0 saturated heterocycles. The zero-order valence-electron chi connectivity index (χ0n) is 36.5. The second kappa shape index (κ2) is 15.2. The number of ether oxygens (including phenoxy) is 2. The number of allylic oxidation sites excluding steroid dienone is 4. The summed E-state index contributed by atoms with van der Waals surface area (Å²) >= 11 is 7.11. The second-order valence-electron chi connectivity index (χ2n) is 19.1. The van der Waals surface area contributed by atoms with E-state index in [0.29, 0.717) is 48.9 Å². The van der Waals surface area contributed by atoms with Gasteiger partial charge in [-0.15, -0.1) is 0 Å². The Labute approximate surface area is 373 Å². The number of carbonyl (C=O) groups excluding carboxylic acids is 2. The standard InChI is InChI=1S/C49H57FN4O6S2/c1-28-20-39-36-12-8-30-22-34(55)16-17-45(30,2)48(36,50)42(56)25-46(39,3)49(28,58)43(57)27-62-19-18-51-44(61)52-31-9-13-35-29(21-31)26-59-47(35)37-14-10-32(53(4)5)23-40(37)60-41-24-33(54(6)7)11-15-38(41)47/h9-11,13-17,21-24,28,36,39,42,56,58H,8,12,18-20,25-27H2,1-7H3,(H2,51,52,61)/t28-,36?,39?,42+,45+,46+,48?,49+/m1/s1. The van der Waals surface area contributed by atoms with Gasteiger partial charge in [0, 0.05) is 97.6 Å². The molecule has 0 aromatic heterocycles. The predicted molar refractivity (Wildman–Crippen MR) is 247 cm³/mol. The van der Waals surface area contributed by atoms with Crippen LogP contribution in [-0.2, 0) is 26.5 Å². The molecular weight excluding hydrogens is 824 g/mol. The minimum absolute atomic E-state index is 0.0336. The van der Waals surface area contributed by atoms with E-state index in [1.54, 1.807) is 13.0 Å². The van der Waals surface area contributed by atoms with Gasteiger partial charge in [0.1, 0.15) is 17.1 Å². The Balaban J connectivity index is 0.837. The molecule has 3 saturated carbocycles. The van der Waals surface area contributed by atoms with Crippen molar-refractivity contribution in [3.05, 3.63) is 101 Å². The molecule has 3 fully saturated rings. The highest BCUT2D eigenvalue weighted by Crippen LogP contribution is 2.71. The first-order valence-corrected chi connectivity index (χ1v) is 23.2. The van der Waals surface area contributed by atoms with Crippen LogP contribution in [0.25, 0.3) is 0 Å². The van der Waals surface area contributed by atoms with Gasteiger partial charge in [0.2, 0.25) is 0 Å². The highest BCUT2D eigenvalue weighted by Gasteiger charge is 2.75. The Kier molecular flexibility index (Phi) is 10.5. The van der Waals surface area contributed by atoms with E-state index >= 15 is 4.39 Å². The van der Waals surface area contributed by atoms with Gasteiger partial charge in [0.05, 0.1) is 18.5 Å². The van der Waals surface area contributed by atoms with Crippen molar-refractivity contribution >= 4 is 57.7 Å². The Morgan fingerprint density at radius 1 is 0.984 bits per heavy atom. The van der Waals surface area contributed by atoms with Crippen LogP contribution >= 0.6 is 24.0 Å². The number of rotatable bonds is 9. The van der Waals surface area contributed by atoms with Gasteiger partial charge in [-0.25, -0.2) is 4.39 Å². The SMILES string of the molecule is C[C@@H]1CC2C3CCC4=CC(=O)C=C[C@]4(C)C3(F)[C@@H](O)C[C@]2(C)[C@@]1(O)C(=O)CSCCNC(=S)Nc1ccc2c(c1)COC21c2ccc(N(C)C)cc2Oc2cc(N(C)C)ccc21. The number of fused-ring (bicyclic) bond motifs is 11. The third-order valence-electron chi connectivity index (χ3n) is 15.5. The molecule has 4 aliphatic carbocycles. The van der Waals surface area contributed by atoms with Crippen LogP contribution in [0.4, 0.5) is 21.5 Å². The molecule has 6 aliphatic rings. The number of nitrogens with one attached hydrogen (secondary N) is 2. The monoisotopic (exact) mass is 880 g/mol. The summed E-state index contributed by atoms with van der Waals surface area (Å²) in [5.41, 5.74) is 0.913. The highest BCUT2D eigenvalue weighted by molar-refractivity contribution is 8.00. The first-order chi connectivity index (χ1) is 29.4. The van der Waals surface area contributed by atoms with Gasteiger partial charge in [-0.05, 0) is 116 Å². The molecule has 1 spiro atoms. The molecule has 0 bridgehead atoms. The van der Waals surface area contributed by atoms with Gasteiger partial charge in [-0.1, -0.05) is 31.6 Å². The molecule has 10 nitrogen and oxygen atoms in total. The van der Waals surface area contributed by atoms with E-state index in [-0.39, 0.29) is 29.7 Å². The summed E-state index contributed by atoms with van der Waals surface area (Å²) in [5, 5.41) is 31.1. The fourth-order valence-electron chi connectivity index (χ4n) is 12.3. The van der Waals surface area contributed by atoms with Crippen LogP contribution in [0.5, 0.6) is 11.5 Å². The average molecular weight is 881 g/mol. The molecule has 328 valence electrons. The maximum absolute atomic E-state index is 17.6. The summed E-state index contributed by atoms with van der Waals surface area (Å²) in [6, 6.07) is 18.7. The minimum Gasteiger partial charge on any atom is -0.456 e. The number of benzene rings is 3. The van der Waals surface area contributed by atoms with Gasteiger partial charge in [-0.2, -0.15) is 11.8 Å². The van der Waals surface area contributed by atoms with Crippen molar-refractivity contribution in [3.63, 3.8) is 0 Å². The zero-order valence-corrected chi connectivity index (χ0v) is 38.1. The van der Waals surface area contributed by atoms with E-state index < -0.39 is 45.6 Å². The molecule has 4 N–H and O–H groups in total. The molecule has 9 rings (SSSR count). The molecule has 2 heterocycles. The lowest BCUT2D eigenvalue weighted by Crippen LogP contribution is -2.69. The van der Waals surface area contributed by atoms with Crippen molar-refractivity contribution in [2.75, 3.05) is 61.4 Å². The molecule has 3 unspecified atom stereocenters. The van der Waals surface area contributed by atoms with Gasteiger partial charge >= 0.3 is 0 Å². The van der Waals surface area contributed by atoms with Crippen LogP contribution in [0.3, 0.4) is 0 Å². The lowest BCUT2D eigenvalue weighted by Gasteiger charge is -2.62. The second-order valence-corrected chi connectivity index (χ2v) is 20.6. The maximum Gasteiger partial charge on any atom is 0.178 e. The summed E-state index contributed by atoms with van der Waals surface area (Å²) in [5.74, 6) is 0.445. The zero-order chi connectivity index (χ0) is 44.1. The van der Waals surface area contributed by atoms with Crippen molar-refractivity contribution in [2.24, 2.45) is 28.6 Å². The normalized spacial score (nSPS) is 32.0. The number of thiocarbonyl (C=S) groups is 1. The molecule has 62 heavy (non-hydrogen) atoms. The average Bonchev–Trinajstić information content (AvgIpc) is 3.69. The number of thioether (sulfide) groups is 1. The number of hydrogen-bond donors (Lipinski definition) is 4. The predicted octanol–water partition coefficient (Wildman–Crippen LogP) is 7.68. The van der Waals surface area contributed by atoms with Crippen LogP contribution in [-0.4, -0.2) is 90.5 Å². The van der Waals surface area contributed by atoms with Crippen LogP contribution in [0, 0.1) is 28.6 Å². The topological polar surface area (TPSA) is 124 Å². The van der Waals surface area contributed by atoms with Crippen LogP contribution in [0.2, 0.25) is 0 Å². The number of aliphatic hydroxyl groups is 2. The molecule has 2 aliphatic heterocycles. The maximum atomic E-state index is 17.6. The number of Topliss-reactive ketones (excluding diaryl/α,β-unsaturated/α-hetero) is 1. The fraction of sp³-hybridized carbons (Fsp3) is 0.490. The Morgan fingerprint density at radius 3 is 2.31 bits per heavy atom. The number of ketones is 2. The number of carbonyl (C=O) groups is 2. The van der Waals surface area contributed by atoms with E-state index in [9.17, 15) is 19.8 Å². The molecule has 0 amide bonds. The Hall–Kier alpha value is -4.27. The quantitative estimate of drug-likeness (QED) is 0.125. The number of alkyl halides is 1. The lowest BCUT2D eigenvalue weighted by molar-refractivity contribution is -0.218. The first kappa shape index (κ1) is 43.0. The first-order valence-electron chi connectivity index (χ1n) is 21.7. The molecule has 0 radical (unpaired) electrons. The van der Waals surface area contributed by atoms with Gasteiger partial charge in [0.15, 0.2) is 27.9 Å². The number of halogens is 1. The summed E-state index contributed by atoms with van der Waals surface area (Å²) in [4.78, 5) is 30.4. The summed E-state index contributed by atoms with van der Waals surface area (Å²) < 4.78 is 31.0.